The average Bonchev–Trinajstić information content (AvgIpc) is 3.23. The first kappa shape index (κ1) is 24.4. The highest BCUT2D eigenvalue weighted by molar-refractivity contribution is 8.00. The highest BCUT2D eigenvalue weighted by Crippen LogP contribution is 2.33. The van der Waals surface area contributed by atoms with E-state index >= 15 is 0 Å². The zero-order valence-corrected chi connectivity index (χ0v) is 20.4. The molecular formula is C24H22F3N3O2S2. The first-order chi connectivity index (χ1) is 16.0. The Labute approximate surface area is 203 Å². The summed E-state index contributed by atoms with van der Waals surface area (Å²) in [4.78, 5) is 30.9. The number of rotatable bonds is 5. The van der Waals surface area contributed by atoms with Crippen LogP contribution in [-0.4, -0.2) is 27.0 Å². The van der Waals surface area contributed by atoms with Crippen molar-refractivity contribution in [2.24, 2.45) is 0 Å². The van der Waals surface area contributed by atoms with Gasteiger partial charge in [0.25, 0.3) is 5.56 Å². The largest absolute Gasteiger partial charge is 0.416 e. The SMILES string of the molecule is Cc1cc(C)c(NC(=O)CSc2nc3c(c(=O)n2-c2cccc(C(F)(F)F)c2)SCC3)c(C)c1. The predicted molar refractivity (Wildman–Crippen MR) is 129 cm³/mol. The number of nitrogens with one attached hydrogen (secondary N) is 1. The van der Waals surface area contributed by atoms with Crippen molar-refractivity contribution in [3.05, 3.63) is 74.7 Å². The minimum Gasteiger partial charge on any atom is -0.325 e. The number of carbonyl (C=O) groups excluding carboxylic acids is 1. The lowest BCUT2D eigenvalue weighted by Crippen LogP contribution is -2.25. The van der Waals surface area contributed by atoms with Gasteiger partial charge in [-0.1, -0.05) is 35.5 Å². The highest BCUT2D eigenvalue weighted by atomic mass is 32.2. The molecule has 0 aliphatic carbocycles. The van der Waals surface area contributed by atoms with Crippen LogP contribution in [0.3, 0.4) is 0 Å². The summed E-state index contributed by atoms with van der Waals surface area (Å²) in [6.07, 6.45) is -3.95. The number of aryl methyl sites for hydroxylation is 4. The molecule has 0 atom stereocenters. The molecule has 0 bridgehead atoms. The van der Waals surface area contributed by atoms with Crippen LogP contribution >= 0.6 is 23.5 Å². The van der Waals surface area contributed by atoms with Gasteiger partial charge < -0.3 is 5.32 Å². The number of halogens is 3. The maximum atomic E-state index is 13.3. The number of amides is 1. The number of fused-ring (bicyclic) bond motifs is 1. The lowest BCUT2D eigenvalue weighted by atomic mass is 10.1. The summed E-state index contributed by atoms with van der Waals surface area (Å²) in [7, 11) is 0. The number of hydrogen-bond acceptors (Lipinski definition) is 5. The van der Waals surface area contributed by atoms with Crippen molar-refractivity contribution in [2.75, 3.05) is 16.8 Å². The smallest absolute Gasteiger partial charge is 0.325 e. The van der Waals surface area contributed by atoms with E-state index in [-0.39, 0.29) is 22.5 Å². The van der Waals surface area contributed by atoms with Crippen molar-refractivity contribution in [3.8, 4) is 5.69 Å². The molecule has 178 valence electrons. The van der Waals surface area contributed by atoms with Gasteiger partial charge >= 0.3 is 6.18 Å². The summed E-state index contributed by atoms with van der Waals surface area (Å²) in [5, 5.41) is 3.10. The van der Waals surface area contributed by atoms with Gasteiger partial charge in [0.1, 0.15) is 0 Å². The van der Waals surface area contributed by atoms with Crippen molar-refractivity contribution in [1.29, 1.82) is 0 Å². The Morgan fingerprint density at radius 3 is 2.56 bits per heavy atom. The number of thioether (sulfide) groups is 2. The van der Waals surface area contributed by atoms with E-state index in [1.807, 2.05) is 32.9 Å². The van der Waals surface area contributed by atoms with Crippen molar-refractivity contribution >= 4 is 35.1 Å². The molecule has 2 aromatic carbocycles. The molecule has 5 nitrogen and oxygen atoms in total. The van der Waals surface area contributed by atoms with Crippen LogP contribution in [0.15, 0.2) is 51.2 Å². The molecule has 1 aliphatic heterocycles. The van der Waals surface area contributed by atoms with Gasteiger partial charge in [0.05, 0.1) is 27.6 Å². The fraction of sp³-hybridized carbons (Fsp3) is 0.292. The fourth-order valence-corrected chi connectivity index (χ4v) is 5.77. The van der Waals surface area contributed by atoms with Crippen molar-refractivity contribution in [1.82, 2.24) is 9.55 Å². The molecule has 0 saturated heterocycles. The molecule has 1 aliphatic rings. The van der Waals surface area contributed by atoms with Crippen LogP contribution in [0.1, 0.15) is 27.9 Å². The van der Waals surface area contributed by atoms with Crippen molar-refractivity contribution in [2.45, 2.75) is 43.4 Å². The third-order valence-electron chi connectivity index (χ3n) is 5.37. The lowest BCUT2D eigenvalue weighted by molar-refractivity contribution is -0.137. The minimum atomic E-state index is -4.55. The van der Waals surface area contributed by atoms with Crippen LogP contribution in [0, 0.1) is 20.8 Å². The first-order valence-corrected chi connectivity index (χ1v) is 12.5. The summed E-state index contributed by atoms with van der Waals surface area (Å²) in [5.74, 6) is 0.338. The summed E-state index contributed by atoms with van der Waals surface area (Å²) in [5.41, 5.74) is 3.09. The zero-order valence-electron chi connectivity index (χ0n) is 18.7. The van der Waals surface area contributed by atoms with E-state index in [1.165, 1.54) is 28.5 Å². The van der Waals surface area contributed by atoms with Crippen molar-refractivity contribution in [3.63, 3.8) is 0 Å². The summed E-state index contributed by atoms with van der Waals surface area (Å²) < 4.78 is 41.0. The van der Waals surface area contributed by atoms with Crippen molar-refractivity contribution < 1.29 is 18.0 Å². The molecule has 34 heavy (non-hydrogen) atoms. The Bertz CT molecular complexity index is 1310. The second kappa shape index (κ2) is 9.50. The molecule has 0 spiro atoms. The second-order valence-corrected chi connectivity index (χ2v) is 10.1. The number of hydrogen-bond donors (Lipinski definition) is 1. The Hall–Kier alpha value is -2.72. The molecule has 0 fully saturated rings. The molecule has 2 heterocycles. The number of benzene rings is 2. The van der Waals surface area contributed by atoms with E-state index < -0.39 is 17.3 Å². The first-order valence-electron chi connectivity index (χ1n) is 10.5. The number of aromatic nitrogens is 2. The molecule has 0 radical (unpaired) electrons. The number of anilines is 1. The standard InChI is InChI=1S/C24H22F3N3O2S2/c1-13-9-14(2)20(15(3)10-13)29-19(31)12-34-23-28-18-7-8-33-21(18)22(32)30(23)17-6-4-5-16(11-17)24(25,26)27/h4-6,9-11H,7-8,12H2,1-3H3,(H,29,31). The molecule has 0 unspecified atom stereocenters. The molecule has 3 aromatic rings. The molecule has 0 saturated carbocycles. The van der Waals surface area contributed by atoms with Gasteiger partial charge in [-0.05, 0) is 50.1 Å². The Balaban J connectivity index is 1.66. The quantitative estimate of drug-likeness (QED) is 0.364. The van der Waals surface area contributed by atoms with E-state index in [2.05, 4.69) is 10.3 Å². The number of carbonyl (C=O) groups is 1. The molecule has 1 aromatic heterocycles. The maximum absolute atomic E-state index is 13.3. The minimum absolute atomic E-state index is 0.0515. The maximum Gasteiger partial charge on any atom is 0.416 e. The lowest BCUT2D eigenvalue weighted by Gasteiger charge is -2.16. The zero-order chi connectivity index (χ0) is 24.6. The third-order valence-corrected chi connectivity index (χ3v) is 7.42. The summed E-state index contributed by atoms with van der Waals surface area (Å²) in [6, 6.07) is 8.53. The fourth-order valence-electron chi connectivity index (χ4n) is 3.92. The van der Waals surface area contributed by atoms with Gasteiger partial charge in [0, 0.05) is 17.9 Å². The van der Waals surface area contributed by atoms with Crippen LogP contribution in [0.4, 0.5) is 18.9 Å². The van der Waals surface area contributed by atoms with E-state index in [0.29, 0.717) is 22.8 Å². The Morgan fingerprint density at radius 1 is 1.18 bits per heavy atom. The van der Waals surface area contributed by atoms with Crippen LogP contribution in [0.2, 0.25) is 0 Å². The van der Waals surface area contributed by atoms with E-state index in [1.54, 1.807) is 0 Å². The second-order valence-electron chi connectivity index (χ2n) is 8.07. The van der Waals surface area contributed by atoms with Gasteiger partial charge in [-0.25, -0.2) is 4.98 Å². The number of alkyl halides is 3. The third kappa shape index (κ3) is 5.02. The molecule has 10 heteroatoms. The van der Waals surface area contributed by atoms with Gasteiger partial charge in [0.15, 0.2) is 5.16 Å². The average molecular weight is 506 g/mol. The van der Waals surface area contributed by atoms with Crippen LogP contribution in [0.25, 0.3) is 5.69 Å². The van der Waals surface area contributed by atoms with E-state index in [0.717, 1.165) is 46.3 Å². The molecule has 1 amide bonds. The van der Waals surface area contributed by atoms with Crippen LogP contribution < -0.4 is 10.9 Å². The van der Waals surface area contributed by atoms with Gasteiger partial charge in [-0.3, -0.25) is 14.2 Å². The molecule has 1 N–H and O–H groups in total. The van der Waals surface area contributed by atoms with Crippen LogP contribution in [0.5, 0.6) is 0 Å². The van der Waals surface area contributed by atoms with Gasteiger partial charge in [0.2, 0.25) is 5.91 Å². The summed E-state index contributed by atoms with van der Waals surface area (Å²) >= 11 is 2.37. The van der Waals surface area contributed by atoms with Gasteiger partial charge in [-0.2, -0.15) is 13.2 Å². The molecular weight excluding hydrogens is 483 g/mol. The predicted octanol–water partition coefficient (Wildman–Crippen LogP) is 5.56. The Kier molecular flexibility index (Phi) is 6.82. The van der Waals surface area contributed by atoms with Gasteiger partial charge in [-0.15, -0.1) is 11.8 Å². The van der Waals surface area contributed by atoms with E-state index in [4.69, 9.17) is 0 Å². The summed E-state index contributed by atoms with van der Waals surface area (Å²) in [6.45, 7) is 5.80. The molecule has 4 rings (SSSR count). The van der Waals surface area contributed by atoms with E-state index in [9.17, 15) is 22.8 Å². The Morgan fingerprint density at radius 2 is 1.88 bits per heavy atom. The normalized spacial score (nSPS) is 13.1. The topological polar surface area (TPSA) is 64.0 Å². The monoisotopic (exact) mass is 505 g/mol. The number of nitrogens with zero attached hydrogens (tertiary/aromatic N) is 2. The van der Waals surface area contributed by atoms with Crippen LogP contribution in [-0.2, 0) is 17.4 Å². The highest BCUT2D eigenvalue weighted by Gasteiger charge is 2.31.